The number of nitrogens with zero attached hydrogens (tertiary/aromatic N) is 2. The van der Waals surface area contributed by atoms with Gasteiger partial charge in [-0.1, -0.05) is 19.1 Å². The molecule has 5 nitrogen and oxygen atoms in total. The Morgan fingerprint density at radius 1 is 1.50 bits per heavy atom. The number of Topliss-reactive ketones (excluding diaryl/α,β-unsaturated/α-hetero) is 1. The van der Waals surface area contributed by atoms with Gasteiger partial charge in [-0.15, -0.1) is 5.10 Å². The Morgan fingerprint density at radius 3 is 2.81 bits per heavy atom. The molecule has 0 aliphatic heterocycles. The smallest absolute Gasteiger partial charge is 0.270 e. The first kappa shape index (κ1) is 12.5. The minimum atomic E-state index is -0.203. The fourth-order valence-corrected chi connectivity index (χ4v) is 1.67. The van der Waals surface area contributed by atoms with Crippen molar-refractivity contribution in [2.75, 3.05) is 0 Å². The second-order valence-corrected chi connectivity index (χ2v) is 3.78. The highest BCUT2D eigenvalue weighted by Gasteiger charge is 2.14. The molecule has 0 saturated carbocycles. The molecule has 1 atom stereocenters. The van der Waals surface area contributed by atoms with Gasteiger partial charge in [0, 0.05) is 18.4 Å². The van der Waals surface area contributed by atoms with Crippen molar-refractivity contribution < 1.29 is 4.79 Å². The lowest BCUT2D eigenvalue weighted by Gasteiger charge is -2.12. The van der Waals surface area contributed by atoms with Crippen molar-refractivity contribution in [3.63, 3.8) is 0 Å². The van der Waals surface area contributed by atoms with Crippen LogP contribution in [0, 0.1) is 0 Å². The van der Waals surface area contributed by atoms with Gasteiger partial charge in [-0.2, -0.15) is 0 Å². The zero-order valence-electron chi connectivity index (χ0n) is 9.69. The van der Waals surface area contributed by atoms with Crippen LogP contribution in [0.1, 0.15) is 51.0 Å². The Bertz CT molecular complexity index is 400. The molecule has 0 aliphatic rings. The van der Waals surface area contributed by atoms with E-state index in [1.807, 2.05) is 13.8 Å². The normalized spacial score (nSPS) is 12.4. The Morgan fingerprint density at radius 2 is 2.25 bits per heavy atom. The summed E-state index contributed by atoms with van der Waals surface area (Å²) in [5.41, 5.74) is 0.423. The molecular weight excluding hydrogens is 206 g/mol. The van der Waals surface area contributed by atoms with E-state index in [4.69, 9.17) is 0 Å². The van der Waals surface area contributed by atoms with Crippen LogP contribution >= 0.6 is 0 Å². The summed E-state index contributed by atoms with van der Waals surface area (Å²) in [7, 11) is 0. The molecule has 1 N–H and O–H groups in total. The lowest BCUT2D eigenvalue weighted by molar-refractivity contribution is -0.118. The first-order chi connectivity index (χ1) is 7.69. The van der Waals surface area contributed by atoms with Crippen LogP contribution in [0.2, 0.25) is 0 Å². The lowest BCUT2D eigenvalue weighted by atomic mass is 9.92. The molecule has 0 bridgehead atoms. The highest BCUT2D eigenvalue weighted by atomic mass is 16.1. The molecule has 1 aromatic rings. The second kappa shape index (κ2) is 6.15. The van der Waals surface area contributed by atoms with Crippen molar-refractivity contribution in [3.8, 4) is 0 Å². The van der Waals surface area contributed by atoms with Crippen molar-refractivity contribution >= 4 is 5.78 Å². The maximum Gasteiger partial charge on any atom is 0.270 e. The maximum atomic E-state index is 11.5. The minimum absolute atomic E-state index is 0.0924. The minimum Gasteiger partial charge on any atom is -0.300 e. The molecule has 0 aromatic carbocycles. The first-order valence-electron chi connectivity index (χ1n) is 5.61. The summed E-state index contributed by atoms with van der Waals surface area (Å²) >= 11 is 0. The highest BCUT2D eigenvalue weighted by Crippen LogP contribution is 2.21. The molecular formula is C11H17N3O2. The van der Waals surface area contributed by atoms with Crippen LogP contribution in [0.4, 0.5) is 0 Å². The number of ketones is 1. The number of nitrogens with one attached hydrogen (secondary N) is 1. The predicted molar refractivity (Wildman–Crippen MR) is 60.2 cm³/mol. The zero-order chi connectivity index (χ0) is 12.0. The van der Waals surface area contributed by atoms with E-state index in [1.54, 1.807) is 0 Å². The number of rotatable bonds is 6. The van der Waals surface area contributed by atoms with Gasteiger partial charge in [0.1, 0.15) is 5.78 Å². The third-order valence-corrected chi connectivity index (χ3v) is 2.77. The van der Waals surface area contributed by atoms with Crippen LogP contribution in [0.5, 0.6) is 0 Å². The van der Waals surface area contributed by atoms with E-state index in [9.17, 15) is 9.59 Å². The summed E-state index contributed by atoms with van der Waals surface area (Å²) in [6.45, 7) is 3.85. The molecule has 1 aromatic heterocycles. The third-order valence-electron chi connectivity index (χ3n) is 2.77. The van der Waals surface area contributed by atoms with E-state index in [2.05, 4.69) is 15.4 Å². The SMILES string of the molecule is CCC(=O)CCC(CC)c1cnn[nH]c1=O. The fourth-order valence-electron chi connectivity index (χ4n) is 1.67. The van der Waals surface area contributed by atoms with E-state index in [0.29, 0.717) is 24.8 Å². The van der Waals surface area contributed by atoms with Crippen LogP contribution in [0.15, 0.2) is 11.0 Å². The van der Waals surface area contributed by atoms with Gasteiger partial charge in [-0.3, -0.25) is 9.59 Å². The van der Waals surface area contributed by atoms with Gasteiger partial charge in [-0.25, -0.2) is 5.10 Å². The van der Waals surface area contributed by atoms with E-state index in [-0.39, 0.29) is 17.3 Å². The lowest BCUT2D eigenvalue weighted by Crippen LogP contribution is -2.18. The number of hydrogen-bond donors (Lipinski definition) is 1. The molecule has 1 rings (SSSR count). The summed E-state index contributed by atoms with van der Waals surface area (Å²) in [6, 6.07) is 0. The average Bonchev–Trinajstić information content (AvgIpc) is 2.31. The van der Waals surface area contributed by atoms with Crippen LogP contribution < -0.4 is 5.56 Å². The van der Waals surface area contributed by atoms with Crippen molar-refractivity contribution in [3.05, 3.63) is 22.1 Å². The highest BCUT2D eigenvalue weighted by molar-refractivity contribution is 5.78. The second-order valence-electron chi connectivity index (χ2n) is 3.78. The van der Waals surface area contributed by atoms with Gasteiger partial charge in [0.05, 0.1) is 6.20 Å². The Balaban J connectivity index is 2.72. The number of aromatic nitrogens is 3. The quantitative estimate of drug-likeness (QED) is 0.791. The maximum absolute atomic E-state index is 11.5. The fraction of sp³-hybridized carbons (Fsp3) is 0.636. The van der Waals surface area contributed by atoms with E-state index in [1.165, 1.54) is 6.20 Å². The number of hydrogen-bond acceptors (Lipinski definition) is 4. The third kappa shape index (κ3) is 3.25. The van der Waals surface area contributed by atoms with Gasteiger partial charge in [0.2, 0.25) is 0 Å². The molecule has 0 saturated heterocycles. The molecule has 0 radical (unpaired) electrons. The number of carbonyl (C=O) groups excluding carboxylic acids is 1. The molecule has 1 unspecified atom stereocenters. The molecule has 16 heavy (non-hydrogen) atoms. The van der Waals surface area contributed by atoms with E-state index >= 15 is 0 Å². The molecule has 0 spiro atoms. The monoisotopic (exact) mass is 223 g/mol. The Hall–Kier alpha value is -1.52. The Labute approximate surface area is 94.3 Å². The van der Waals surface area contributed by atoms with Gasteiger partial charge < -0.3 is 0 Å². The average molecular weight is 223 g/mol. The molecule has 1 heterocycles. The molecule has 88 valence electrons. The molecule has 0 amide bonds. The topological polar surface area (TPSA) is 75.7 Å². The summed E-state index contributed by atoms with van der Waals surface area (Å²) < 4.78 is 0. The van der Waals surface area contributed by atoms with Crippen molar-refractivity contribution in [2.24, 2.45) is 0 Å². The summed E-state index contributed by atoms with van der Waals surface area (Å²) in [5, 5.41) is 9.40. The Kier molecular flexibility index (Phi) is 4.82. The van der Waals surface area contributed by atoms with Crippen molar-refractivity contribution in [1.29, 1.82) is 0 Å². The molecule has 5 heteroatoms. The van der Waals surface area contributed by atoms with Crippen LogP contribution in [-0.4, -0.2) is 21.2 Å². The summed E-state index contributed by atoms with van der Waals surface area (Å²) in [6.07, 6.45) is 4.10. The molecule has 0 aliphatic carbocycles. The number of H-pyrrole nitrogens is 1. The van der Waals surface area contributed by atoms with Crippen molar-refractivity contribution in [2.45, 2.75) is 45.4 Å². The van der Waals surface area contributed by atoms with Crippen LogP contribution in [-0.2, 0) is 4.79 Å². The number of aromatic amines is 1. The summed E-state index contributed by atoms with van der Waals surface area (Å²) in [5.74, 6) is 0.326. The largest absolute Gasteiger partial charge is 0.300 e. The first-order valence-corrected chi connectivity index (χ1v) is 5.61. The number of carbonyl (C=O) groups is 1. The van der Waals surface area contributed by atoms with Crippen LogP contribution in [0.3, 0.4) is 0 Å². The van der Waals surface area contributed by atoms with Gasteiger partial charge in [0.25, 0.3) is 5.56 Å². The summed E-state index contributed by atoms with van der Waals surface area (Å²) in [4.78, 5) is 22.7. The molecule has 0 fully saturated rings. The van der Waals surface area contributed by atoms with Crippen LogP contribution in [0.25, 0.3) is 0 Å². The van der Waals surface area contributed by atoms with E-state index < -0.39 is 0 Å². The standard InChI is InChI=1S/C11H17N3O2/c1-3-8(5-6-9(15)4-2)10-7-12-14-13-11(10)16/h7-8H,3-6H2,1-2H3,(H,12,13,16). The van der Waals surface area contributed by atoms with Gasteiger partial charge in [0.15, 0.2) is 0 Å². The van der Waals surface area contributed by atoms with Crippen molar-refractivity contribution in [1.82, 2.24) is 15.4 Å². The van der Waals surface area contributed by atoms with Gasteiger partial charge in [-0.05, 0) is 18.8 Å². The zero-order valence-corrected chi connectivity index (χ0v) is 9.69. The van der Waals surface area contributed by atoms with E-state index in [0.717, 1.165) is 6.42 Å². The van der Waals surface area contributed by atoms with Gasteiger partial charge >= 0.3 is 0 Å². The predicted octanol–water partition coefficient (Wildman–Crippen LogP) is 1.42.